The molecule has 4 N–H and O–H groups in total. The molecule has 9 nitrogen and oxygen atoms in total. The number of anilines is 2. The van der Waals surface area contributed by atoms with Gasteiger partial charge in [-0.1, -0.05) is 37.3 Å². The standard InChI is InChI=1S/C34H33N3O6S/c1-4-31(34(41)36-24-12-8-14-27(19-24)42-2)44-28-15-9-13-25(20-28)35-33(40)29(37-32(39)22-10-6-5-7-11-22)18-23-16-17-26(38)21-30(23)43-3/h5-21,31,38H,4H2,1-3H3,(H,35,40)(H,36,41)(H,37,39)/b29-18+. The minimum atomic E-state index is -0.575. The lowest BCUT2D eigenvalue weighted by molar-refractivity contribution is -0.116. The number of carbonyl (C=O) groups is 3. The highest BCUT2D eigenvalue weighted by molar-refractivity contribution is 8.00. The number of phenols is 1. The van der Waals surface area contributed by atoms with Gasteiger partial charge in [-0.2, -0.15) is 0 Å². The van der Waals surface area contributed by atoms with E-state index in [1.54, 1.807) is 86.0 Å². The van der Waals surface area contributed by atoms with Crippen molar-refractivity contribution in [3.8, 4) is 17.2 Å². The van der Waals surface area contributed by atoms with Crippen LogP contribution in [-0.2, 0) is 9.59 Å². The number of amides is 3. The third kappa shape index (κ3) is 8.65. The Bertz CT molecular complexity index is 1660. The molecule has 0 spiro atoms. The van der Waals surface area contributed by atoms with E-state index in [1.807, 2.05) is 13.0 Å². The van der Waals surface area contributed by atoms with E-state index in [-0.39, 0.29) is 17.4 Å². The summed E-state index contributed by atoms with van der Waals surface area (Å²) >= 11 is 1.37. The number of hydrogen-bond donors (Lipinski definition) is 4. The summed E-state index contributed by atoms with van der Waals surface area (Å²) in [6.45, 7) is 1.93. The molecule has 0 fully saturated rings. The van der Waals surface area contributed by atoms with E-state index in [0.29, 0.717) is 40.4 Å². The predicted octanol–water partition coefficient (Wildman–Crippen LogP) is 6.33. The fraction of sp³-hybridized carbons (Fsp3) is 0.147. The third-order valence-corrected chi connectivity index (χ3v) is 7.77. The van der Waals surface area contributed by atoms with Gasteiger partial charge in [-0.3, -0.25) is 14.4 Å². The first-order chi connectivity index (χ1) is 21.3. The molecule has 0 aromatic heterocycles. The average Bonchev–Trinajstić information content (AvgIpc) is 3.04. The number of methoxy groups -OCH3 is 2. The summed E-state index contributed by atoms with van der Waals surface area (Å²) in [5.41, 5.74) is 1.92. The molecule has 0 heterocycles. The maximum atomic E-state index is 13.5. The lowest BCUT2D eigenvalue weighted by Crippen LogP contribution is -2.30. The Morgan fingerprint density at radius 2 is 1.57 bits per heavy atom. The van der Waals surface area contributed by atoms with Crippen LogP contribution in [0.4, 0.5) is 11.4 Å². The van der Waals surface area contributed by atoms with E-state index in [4.69, 9.17) is 9.47 Å². The van der Waals surface area contributed by atoms with Crippen LogP contribution in [0, 0.1) is 0 Å². The molecule has 1 atom stereocenters. The average molecular weight is 612 g/mol. The second kappa shape index (κ2) is 15.3. The Morgan fingerprint density at radius 3 is 2.27 bits per heavy atom. The van der Waals surface area contributed by atoms with Crippen LogP contribution >= 0.6 is 11.8 Å². The van der Waals surface area contributed by atoms with Gasteiger partial charge in [0, 0.05) is 39.5 Å². The third-order valence-electron chi connectivity index (χ3n) is 6.42. The van der Waals surface area contributed by atoms with Gasteiger partial charge in [0.05, 0.1) is 19.5 Å². The quantitative estimate of drug-likeness (QED) is 0.109. The predicted molar refractivity (Wildman–Crippen MR) is 173 cm³/mol. The molecule has 44 heavy (non-hydrogen) atoms. The number of aromatic hydroxyl groups is 1. The minimum Gasteiger partial charge on any atom is -0.508 e. The van der Waals surface area contributed by atoms with Gasteiger partial charge < -0.3 is 30.5 Å². The number of rotatable bonds is 12. The Hall–Kier alpha value is -5.22. The second-order valence-electron chi connectivity index (χ2n) is 9.52. The summed E-state index contributed by atoms with van der Waals surface area (Å²) in [5.74, 6) is -0.243. The van der Waals surface area contributed by atoms with E-state index in [1.165, 1.54) is 37.1 Å². The van der Waals surface area contributed by atoms with Gasteiger partial charge in [0.15, 0.2) is 0 Å². The topological polar surface area (TPSA) is 126 Å². The fourth-order valence-electron chi connectivity index (χ4n) is 4.17. The first-order valence-electron chi connectivity index (χ1n) is 13.8. The van der Waals surface area contributed by atoms with Crippen molar-refractivity contribution >= 4 is 46.9 Å². The molecule has 0 radical (unpaired) electrons. The van der Waals surface area contributed by atoms with Gasteiger partial charge in [0.1, 0.15) is 22.9 Å². The molecule has 0 bridgehead atoms. The molecule has 10 heteroatoms. The van der Waals surface area contributed by atoms with Crippen LogP contribution < -0.4 is 25.4 Å². The molecular weight excluding hydrogens is 578 g/mol. The zero-order valence-corrected chi connectivity index (χ0v) is 25.3. The fourth-order valence-corrected chi connectivity index (χ4v) is 5.19. The van der Waals surface area contributed by atoms with Crippen LogP contribution in [0.1, 0.15) is 29.3 Å². The normalized spacial score (nSPS) is 11.7. The number of nitrogens with one attached hydrogen (secondary N) is 3. The van der Waals surface area contributed by atoms with E-state index in [0.717, 1.165) is 4.90 Å². The van der Waals surface area contributed by atoms with Gasteiger partial charge >= 0.3 is 0 Å². The van der Waals surface area contributed by atoms with Crippen LogP contribution in [0.15, 0.2) is 108 Å². The van der Waals surface area contributed by atoms with Gasteiger partial charge in [0.25, 0.3) is 11.8 Å². The largest absolute Gasteiger partial charge is 0.508 e. The monoisotopic (exact) mass is 611 g/mol. The van der Waals surface area contributed by atoms with Crippen molar-refractivity contribution in [2.45, 2.75) is 23.5 Å². The number of thioether (sulfide) groups is 1. The van der Waals surface area contributed by atoms with Crippen LogP contribution in [0.25, 0.3) is 6.08 Å². The molecular formula is C34H33N3O6S. The lowest BCUT2D eigenvalue weighted by atomic mass is 10.1. The van der Waals surface area contributed by atoms with Crippen molar-refractivity contribution < 1.29 is 29.0 Å². The molecule has 0 saturated heterocycles. The summed E-state index contributed by atoms with van der Waals surface area (Å²) in [7, 11) is 3.01. The SMILES string of the molecule is CCC(Sc1cccc(NC(=O)/C(=C\c2ccc(O)cc2OC)NC(=O)c2ccccc2)c1)C(=O)Nc1cccc(OC)c1. The summed E-state index contributed by atoms with van der Waals surface area (Å²) < 4.78 is 10.6. The molecule has 4 rings (SSSR count). The molecule has 0 saturated carbocycles. The van der Waals surface area contributed by atoms with Gasteiger partial charge in [-0.25, -0.2) is 0 Å². The number of ether oxygens (including phenoxy) is 2. The van der Waals surface area contributed by atoms with Gasteiger partial charge in [-0.15, -0.1) is 11.8 Å². The second-order valence-corrected chi connectivity index (χ2v) is 10.8. The van der Waals surface area contributed by atoms with Crippen molar-refractivity contribution in [2.75, 3.05) is 24.9 Å². The van der Waals surface area contributed by atoms with Crippen molar-refractivity contribution in [1.29, 1.82) is 0 Å². The summed E-state index contributed by atoms with van der Waals surface area (Å²) in [6, 6.07) is 27.2. The van der Waals surface area contributed by atoms with Crippen LogP contribution in [0.5, 0.6) is 17.2 Å². The highest BCUT2D eigenvalue weighted by atomic mass is 32.2. The molecule has 4 aromatic carbocycles. The molecule has 0 aliphatic carbocycles. The first-order valence-corrected chi connectivity index (χ1v) is 14.7. The number of hydrogen-bond acceptors (Lipinski definition) is 7. The molecule has 3 amide bonds. The van der Waals surface area contributed by atoms with Crippen LogP contribution in [0.3, 0.4) is 0 Å². The Balaban J connectivity index is 1.53. The van der Waals surface area contributed by atoms with Gasteiger partial charge in [0.2, 0.25) is 5.91 Å². The van der Waals surface area contributed by atoms with Crippen molar-refractivity contribution in [3.63, 3.8) is 0 Å². The van der Waals surface area contributed by atoms with Gasteiger partial charge in [-0.05, 0) is 67.1 Å². The minimum absolute atomic E-state index is 0.00445. The van der Waals surface area contributed by atoms with E-state index >= 15 is 0 Å². The number of phenolic OH excluding ortho intramolecular Hbond substituents is 1. The molecule has 1 unspecified atom stereocenters. The molecule has 226 valence electrons. The van der Waals surface area contributed by atoms with Crippen LogP contribution in [-0.4, -0.2) is 42.3 Å². The molecule has 0 aliphatic heterocycles. The summed E-state index contributed by atoms with van der Waals surface area (Å²) in [5, 5.41) is 17.9. The molecule has 0 aliphatic rings. The Morgan fingerprint density at radius 1 is 0.841 bits per heavy atom. The summed E-state index contributed by atoms with van der Waals surface area (Å²) in [6.07, 6.45) is 2.05. The first kappa shape index (κ1) is 31.7. The maximum Gasteiger partial charge on any atom is 0.272 e. The Kier molecular flexibility index (Phi) is 11.0. The maximum absolute atomic E-state index is 13.5. The van der Waals surface area contributed by atoms with E-state index in [2.05, 4.69) is 16.0 Å². The Labute approximate surface area is 260 Å². The van der Waals surface area contributed by atoms with Crippen molar-refractivity contribution in [1.82, 2.24) is 5.32 Å². The van der Waals surface area contributed by atoms with E-state index < -0.39 is 17.1 Å². The number of carbonyl (C=O) groups excluding carboxylic acids is 3. The van der Waals surface area contributed by atoms with E-state index in [9.17, 15) is 19.5 Å². The highest BCUT2D eigenvalue weighted by Gasteiger charge is 2.20. The smallest absolute Gasteiger partial charge is 0.272 e. The summed E-state index contributed by atoms with van der Waals surface area (Å²) in [4.78, 5) is 40.4. The number of benzene rings is 4. The highest BCUT2D eigenvalue weighted by Crippen LogP contribution is 2.30. The van der Waals surface area contributed by atoms with Crippen molar-refractivity contribution in [2.24, 2.45) is 0 Å². The zero-order chi connectivity index (χ0) is 31.5. The van der Waals surface area contributed by atoms with Crippen LogP contribution in [0.2, 0.25) is 0 Å². The molecule has 4 aromatic rings. The van der Waals surface area contributed by atoms with Crippen molar-refractivity contribution in [3.05, 3.63) is 114 Å². The lowest BCUT2D eigenvalue weighted by Gasteiger charge is -2.16. The zero-order valence-electron chi connectivity index (χ0n) is 24.5.